The van der Waals surface area contributed by atoms with Gasteiger partial charge in [0.1, 0.15) is 6.33 Å². The van der Waals surface area contributed by atoms with Crippen molar-refractivity contribution in [2.75, 3.05) is 31.4 Å². The molecule has 96 valence electrons. The lowest BCUT2D eigenvalue weighted by atomic mass is 10.3. The van der Waals surface area contributed by atoms with Crippen LogP contribution in [-0.2, 0) is 6.54 Å². The molecular formula is C12H16N4OS. The average molecular weight is 264 g/mol. The Morgan fingerprint density at radius 2 is 2.28 bits per heavy atom. The van der Waals surface area contributed by atoms with Crippen LogP contribution in [0.3, 0.4) is 0 Å². The fourth-order valence-corrected chi connectivity index (χ4v) is 2.39. The maximum absolute atomic E-state index is 5.38. The molecule has 0 aliphatic carbocycles. The average Bonchev–Trinajstić information content (AvgIpc) is 2.90. The van der Waals surface area contributed by atoms with Gasteiger partial charge in [-0.15, -0.1) is 0 Å². The molecule has 0 aliphatic heterocycles. The highest BCUT2D eigenvalue weighted by atomic mass is 32.1. The van der Waals surface area contributed by atoms with E-state index in [0.29, 0.717) is 11.6 Å². The maximum Gasteiger partial charge on any atom is 0.204 e. The van der Waals surface area contributed by atoms with Crippen molar-refractivity contribution in [3.8, 4) is 5.75 Å². The van der Waals surface area contributed by atoms with Crippen molar-refractivity contribution in [1.82, 2.24) is 9.97 Å². The zero-order valence-corrected chi connectivity index (χ0v) is 11.5. The first-order valence-corrected chi connectivity index (χ1v) is 6.49. The molecule has 0 saturated heterocycles. The molecule has 18 heavy (non-hydrogen) atoms. The molecule has 0 spiro atoms. The van der Waals surface area contributed by atoms with E-state index in [9.17, 15) is 0 Å². The topological polar surface area (TPSA) is 50.3 Å². The van der Waals surface area contributed by atoms with E-state index in [2.05, 4.69) is 32.1 Å². The normalized spacial score (nSPS) is 10.2. The van der Waals surface area contributed by atoms with Crippen LogP contribution in [0, 0.1) is 0 Å². The summed E-state index contributed by atoms with van der Waals surface area (Å²) in [6, 6.07) is 2.10. The van der Waals surface area contributed by atoms with E-state index in [1.54, 1.807) is 18.4 Å². The predicted molar refractivity (Wildman–Crippen MR) is 74.6 cm³/mol. The quantitative estimate of drug-likeness (QED) is 0.897. The van der Waals surface area contributed by atoms with Crippen LogP contribution in [0.5, 0.6) is 5.75 Å². The van der Waals surface area contributed by atoms with Gasteiger partial charge in [-0.05, 0) is 22.4 Å². The van der Waals surface area contributed by atoms with Crippen LogP contribution >= 0.6 is 11.3 Å². The monoisotopic (exact) mass is 264 g/mol. The second kappa shape index (κ2) is 5.68. The van der Waals surface area contributed by atoms with E-state index in [0.717, 1.165) is 12.4 Å². The van der Waals surface area contributed by atoms with Gasteiger partial charge in [-0.3, -0.25) is 0 Å². The number of nitrogens with one attached hydrogen (secondary N) is 1. The summed E-state index contributed by atoms with van der Waals surface area (Å²) in [5, 5.41) is 7.20. The van der Waals surface area contributed by atoms with Crippen LogP contribution in [0.25, 0.3) is 0 Å². The molecule has 2 aromatic rings. The van der Waals surface area contributed by atoms with E-state index < -0.39 is 0 Å². The van der Waals surface area contributed by atoms with Gasteiger partial charge in [0, 0.05) is 20.6 Å². The Hall–Kier alpha value is -1.82. The minimum absolute atomic E-state index is 0.665. The van der Waals surface area contributed by atoms with Crippen LogP contribution in [0.4, 0.5) is 11.6 Å². The minimum Gasteiger partial charge on any atom is -0.490 e. The van der Waals surface area contributed by atoms with Crippen molar-refractivity contribution in [3.05, 3.63) is 28.7 Å². The summed E-state index contributed by atoms with van der Waals surface area (Å²) in [5.74, 6) is 2.14. The lowest BCUT2D eigenvalue weighted by Gasteiger charge is -2.20. The second-order valence-corrected chi connectivity index (χ2v) is 4.60. The molecule has 1 N–H and O–H groups in total. The van der Waals surface area contributed by atoms with Gasteiger partial charge in [0.25, 0.3) is 0 Å². The molecule has 2 heterocycles. The van der Waals surface area contributed by atoms with Crippen LogP contribution in [0.2, 0.25) is 0 Å². The van der Waals surface area contributed by atoms with Gasteiger partial charge in [0.05, 0.1) is 7.11 Å². The number of nitrogens with zero attached hydrogens (tertiary/aromatic N) is 3. The summed E-state index contributed by atoms with van der Waals surface area (Å²) >= 11 is 1.69. The second-order valence-electron chi connectivity index (χ2n) is 3.82. The zero-order chi connectivity index (χ0) is 13.0. The summed E-state index contributed by atoms with van der Waals surface area (Å²) < 4.78 is 5.38. The van der Waals surface area contributed by atoms with Crippen molar-refractivity contribution in [2.24, 2.45) is 0 Å². The summed E-state index contributed by atoms with van der Waals surface area (Å²) in [5.41, 5.74) is 1.26. The van der Waals surface area contributed by atoms with Crippen LogP contribution < -0.4 is 15.0 Å². The first-order chi connectivity index (χ1) is 8.76. The van der Waals surface area contributed by atoms with E-state index >= 15 is 0 Å². The number of methoxy groups -OCH3 is 1. The van der Waals surface area contributed by atoms with Crippen molar-refractivity contribution in [1.29, 1.82) is 0 Å². The van der Waals surface area contributed by atoms with Gasteiger partial charge >= 0.3 is 0 Å². The fraction of sp³-hybridized carbons (Fsp3) is 0.333. The van der Waals surface area contributed by atoms with E-state index in [-0.39, 0.29) is 0 Å². The minimum atomic E-state index is 0.665. The fourth-order valence-electron chi connectivity index (χ4n) is 1.73. The Morgan fingerprint density at radius 3 is 2.89 bits per heavy atom. The highest BCUT2D eigenvalue weighted by molar-refractivity contribution is 7.07. The number of rotatable bonds is 5. The molecule has 0 saturated carbocycles. The molecule has 0 radical (unpaired) electrons. The van der Waals surface area contributed by atoms with Gasteiger partial charge in [-0.25, -0.2) is 9.97 Å². The Balaban J connectivity index is 2.26. The van der Waals surface area contributed by atoms with Crippen LogP contribution in [0.1, 0.15) is 5.56 Å². The molecule has 2 aromatic heterocycles. The van der Waals surface area contributed by atoms with Gasteiger partial charge in [0.15, 0.2) is 11.6 Å². The highest BCUT2D eigenvalue weighted by Gasteiger charge is 2.15. The molecule has 2 rings (SSSR count). The number of hydrogen-bond donors (Lipinski definition) is 1. The first kappa shape index (κ1) is 12.6. The molecule has 0 unspecified atom stereocenters. The third-order valence-corrected chi connectivity index (χ3v) is 3.32. The van der Waals surface area contributed by atoms with Gasteiger partial charge in [-0.1, -0.05) is 0 Å². The summed E-state index contributed by atoms with van der Waals surface area (Å²) in [4.78, 5) is 10.5. The van der Waals surface area contributed by atoms with Crippen LogP contribution in [-0.4, -0.2) is 31.2 Å². The standard InChI is InChI=1S/C12H16N4OS/c1-13-11-10(17-3)12(15-8-14-11)16(2)6-9-4-5-18-7-9/h4-5,7-8H,6H2,1-3H3,(H,13,14,15). The maximum atomic E-state index is 5.38. The molecule has 0 aliphatic rings. The third kappa shape index (κ3) is 2.53. The molecule has 5 nitrogen and oxygen atoms in total. The smallest absolute Gasteiger partial charge is 0.204 e. The molecule has 0 amide bonds. The summed E-state index contributed by atoms with van der Waals surface area (Å²) in [7, 11) is 5.43. The summed E-state index contributed by atoms with van der Waals surface area (Å²) in [6.07, 6.45) is 1.54. The lowest BCUT2D eigenvalue weighted by Crippen LogP contribution is -2.19. The van der Waals surface area contributed by atoms with Crippen molar-refractivity contribution >= 4 is 23.0 Å². The van der Waals surface area contributed by atoms with E-state index in [4.69, 9.17) is 4.74 Å². The van der Waals surface area contributed by atoms with Crippen LogP contribution in [0.15, 0.2) is 23.2 Å². The van der Waals surface area contributed by atoms with Gasteiger partial charge in [0.2, 0.25) is 5.75 Å². The van der Waals surface area contributed by atoms with E-state index in [1.807, 2.05) is 19.0 Å². The molecular weight excluding hydrogens is 248 g/mol. The lowest BCUT2D eigenvalue weighted by molar-refractivity contribution is 0.413. The number of aromatic nitrogens is 2. The first-order valence-electron chi connectivity index (χ1n) is 5.55. The molecule has 0 atom stereocenters. The highest BCUT2D eigenvalue weighted by Crippen LogP contribution is 2.31. The van der Waals surface area contributed by atoms with Crippen molar-refractivity contribution in [2.45, 2.75) is 6.54 Å². The van der Waals surface area contributed by atoms with Gasteiger partial charge in [-0.2, -0.15) is 11.3 Å². The Morgan fingerprint density at radius 1 is 1.44 bits per heavy atom. The summed E-state index contributed by atoms with van der Waals surface area (Å²) in [6.45, 7) is 0.792. The van der Waals surface area contributed by atoms with Crippen molar-refractivity contribution in [3.63, 3.8) is 0 Å². The number of thiophene rings is 1. The zero-order valence-electron chi connectivity index (χ0n) is 10.7. The molecule has 0 bridgehead atoms. The third-order valence-electron chi connectivity index (χ3n) is 2.59. The Labute approximate surface area is 110 Å². The number of hydrogen-bond acceptors (Lipinski definition) is 6. The SMILES string of the molecule is CNc1ncnc(N(C)Cc2ccsc2)c1OC. The molecule has 0 fully saturated rings. The van der Waals surface area contributed by atoms with Gasteiger partial charge < -0.3 is 15.0 Å². The largest absolute Gasteiger partial charge is 0.490 e. The molecule has 0 aromatic carbocycles. The Bertz CT molecular complexity index is 501. The van der Waals surface area contributed by atoms with Crippen molar-refractivity contribution < 1.29 is 4.74 Å². The molecule has 6 heteroatoms. The Kier molecular flexibility index (Phi) is 3.99. The number of ether oxygens (including phenoxy) is 1. The number of anilines is 2. The van der Waals surface area contributed by atoms with E-state index in [1.165, 1.54) is 11.9 Å². The predicted octanol–water partition coefficient (Wildman–Crippen LogP) is 2.22.